The second-order valence-electron chi connectivity index (χ2n) is 5.38. The zero-order valence-corrected chi connectivity index (χ0v) is 13.2. The lowest BCUT2D eigenvalue weighted by atomic mass is 10.1. The van der Waals surface area contributed by atoms with Gasteiger partial charge in [-0.1, -0.05) is 36.4 Å². The lowest BCUT2D eigenvalue weighted by molar-refractivity contribution is 0.574. The fourth-order valence-corrected chi connectivity index (χ4v) is 3.10. The standard InChI is InChI=1S/C16H17N3O2S/c1-11-8-9-13-14(10-11)18-16(17-13)15(19-22(2,20)21)12-6-4-3-5-7-12/h3-10,15,19H,1-2H3,(H,17,18). The Morgan fingerprint density at radius 1 is 1.14 bits per heavy atom. The number of hydrogen-bond donors (Lipinski definition) is 2. The normalized spacial score (nSPS) is 13.4. The van der Waals surface area contributed by atoms with Crippen molar-refractivity contribution in [1.29, 1.82) is 0 Å². The molecular formula is C16H17N3O2S. The second-order valence-corrected chi connectivity index (χ2v) is 7.16. The third kappa shape index (κ3) is 3.18. The summed E-state index contributed by atoms with van der Waals surface area (Å²) in [4.78, 5) is 7.75. The molecule has 1 atom stereocenters. The number of nitrogens with one attached hydrogen (secondary N) is 2. The Balaban J connectivity index is 2.11. The van der Waals surface area contributed by atoms with Crippen molar-refractivity contribution in [3.05, 3.63) is 65.5 Å². The van der Waals surface area contributed by atoms with Crippen molar-refractivity contribution >= 4 is 21.1 Å². The molecule has 0 saturated heterocycles. The molecular weight excluding hydrogens is 298 g/mol. The van der Waals surface area contributed by atoms with Crippen LogP contribution in [0.4, 0.5) is 0 Å². The average molecular weight is 315 g/mol. The minimum atomic E-state index is -3.38. The van der Waals surface area contributed by atoms with Gasteiger partial charge in [0.15, 0.2) is 0 Å². The molecule has 0 amide bonds. The summed E-state index contributed by atoms with van der Waals surface area (Å²) in [6, 6.07) is 14.8. The molecule has 22 heavy (non-hydrogen) atoms. The van der Waals surface area contributed by atoms with Crippen LogP contribution in [0.15, 0.2) is 48.5 Å². The lowest BCUT2D eigenvalue weighted by Gasteiger charge is -2.15. The third-order valence-electron chi connectivity index (χ3n) is 3.39. The Morgan fingerprint density at radius 2 is 1.86 bits per heavy atom. The topological polar surface area (TPSA) is 74.8 Å². The smallest absolute Gasteiger partial charge is 0.209 e. The molecule has 2 N–H and O–H groups in total. The fraction of sp³-hybridized carbons (Fsp3) is 0.188. The molecule has 1 aromatic heterocycles. The Hall–Kier alpha value is -2.18. The molecule has 0 radical (unpaired) electrons. The van der Waals surface area contributed by atoms with Gasteiger partial charge < -0.3 is 4.98 Å². The van der Waals surface area contributed by atoms with Crippen LogP contribution >= 0.6 is 0 Å². The van der Waals surface area contributed by atoms with E-state index in [1.807, 2.05) is 55.5 Å². The van der Waals surface area contributed by atoms with Crippen LogP contribution in [0.3, 0.4) is 0 Å². The molecule has 2 aromatic carbocycles. The molecule has 3 rings (SSSR count). The highest BCUT2D eigenvalue weighted by Gasteiger charge is 2.21. The van der Waals surface area contributed by atoms with Crippen LogP contribution in [-0.2, 0) is 10.0 Å². The molecule has 1 heterocycles. The SMILES string of the molecule is Cc1ccc2nc(C(NS(C)(=O)=O)c3ccccc3)[nH]c2c1. The van der Waals surface area contributed by atoms with Gasteiger partial charge in [0, 0.05) is 0 Å². The summed E-state index contributed by atoms with van der Waals surface area (Å²) in [7, 11) is -3.38. The minimum Gasteiger partial charge on any atom is -0.340 e. The monoisotopic (exact) mass is 315 g/mol. The molecule has 1 unspecified atom stereocenters. The Kier molecular flexibility index (Phi) is 3.72. The van der Waals surface area contributed by atoms with E-state index < -0.39 is 16.1 Å². The molecule has 114 valence electrons. The van der Waals surface area contributed by atoms with E-state index in [1.165, 1.54) is 0 Å². The van der Waals surface area contributed by atoms with Gasteiger partial charge in [-0.2, -0.15) is 0 Å². The van der Waals surface area contributed by atoms with Crippen LogP contribution in [-0.4, -0.2) is 24.6 Å². The number of rotatable bonds is 4. The first-order chi connectivity index (χ1) is 10.4. The number of imidazole rings is 1. The summed E-state index contributed by atoms with van der Waals surface area (Å²) < 4.78 is 26.1. The Labute approximate surface area is 129 Å². The van der Waals surface area contributed by atoms with Gasteiger partial charge in [-0.25, -0.2) is 18.1 Å². The van der Waals surface area contributed by atoms with Gasteiger partial charge in [-0.15, -0.1) is 0 Å². The number of aromatic nitrogens is 2. The largest absolute Gasteiger partial charge is 0.340 e. The van der Waals surface area contributed by atoms with E-state index in [9.17, 15) is 8.42 Å². The van der Waals surface area contributed by atoms with Crippen LogP contribution in [0.1, 0.15) is 23.0 Å². The number of aromatic amines is 1. The summed E-state index contributed by atoms with van der Waals surface area (Å²) in [6.45, 7) is 2.00. The van der Waals surface area contributed by atoms with Gasteiger partial charge in [0.05, 0.1) is 17.3 Å². The molecule has 5 nitrogen and oxygen atoms in total. The van der Waals surface area contributed by atoms with Crippen molar-refractivity contribution in [2.75, 3.05) is 6.26 Å². The summed E-state index contributed by atoms with van der Waals surface area (Å²) in [6.07, 6.45) is 1.15. The van der Waals surface area contributed by atoms with Crippen LogP contribution in [0, 0.1) is 6.92 Å². The maximum absolute atomic E-state index is 11.7. The van der Waals surface area contributed by atoms with Crippen molar-refractivity contribution in [3.8, 4) is 0 Å². The first kappa shape index (κ1) is 14.7. The van der Waals surface area contributed by atoms with Gasteiger partial charge in [0.25, 0.3) is 0 Å². The highest BCUT2D eigenvalue weighted by molar-refractivity contribution is 7.88. The van der Waals surface area contributed by atoms with Crippen molar-refractivity contribution < 1.29 is 8.42 Å². The Morgan fingerprint density at radius 3 is 2.55 bits per heavy atom. The van der Waals surface area contributed by atoms with E-state index >= 15 is 0 Å². The van der Waals surface area contributed by atoms with E-state index in [2.05, 4.69) is 14.7 Å². The van der Waals surface area contributed by atoms with Crippen molar-refractivity contribution in [2.45, 2.75) is 13.0 Å². The van der Waals surface area contributed by atoms with Crippen molar-refractivity contribution in [1.82, 2.24) is 14.7 Å². The fourth-order valence-electron chi connectivity index (χ4n) is 2.42. The number of hydrogen-bond acceptors (Lipinski definition) is 3. The van der Waals surface area contributed by atoms with E-state index in [0.717, 1.165) is 28.4 Å². The molecule has 0 spiro atoms. The van der Waals surface area contributed by atoms with Crippen molar-refractivity contribution in [2.24, 2.45) is 0 Å². The van der Waals surface area contributed by atoms with Gasteiger partial charge in [0.1, 0.15) is 11.9 Å². The van der Waals surface area contributed by atoms with E-state index in [-0.39, 0.29) is 0 Å². The van der Waals surface area contributed by atoms with Crippen LogP contribution < -0.4 is 4.72 Å². The second kappa shape index (κ2) is 5.55. The first-order valence-electron chi connectivity index (χ1n) is 6.91. The van der Waals surface area contributed by atoms with Crippen LogP contribution in [0.25, 0.3) is 11.0 Å². The minimum absolute atomic E-state index is 0.538. The first-order valence-corrected chi connectivity index (χ1v) is 8.80. The molecule has 0 aliphatic carbocycles. The van der Waals surface area contributed by atoms with Gasteiger partial charge in [-0.05, 0) is 30.2 Å². The number of benzene rings is 2. The summed E-state index contributed by atoms with van der Waals surface area (Å²) in [5.74, 6) is 0.581. The van der Waals surface area contributed by atoms with E-state index in [4.69, 9.17) is 0 Å². The molecule has 0 aliphatic heterocycles. The Bertz CT molecular complexity index is 902. The van der Waals surface area contributed by atoms with Gasteiger partial charge in [0.2, 0.25) is 10.0 Å². The van der Waals surface area contributed by atoms with Crippen LogP contribution in [0.2, 0.25) is 0 Å². The highest BCUT2D eigenvalue weighted by atomic mass is 32.2. The summed E-state index contributed by atoms with van der Waals surface area (Å²) in [5, 5.41) is 0. The van der Waals surface area contributed by atoms with Gasteiger partial charge in [-0.3, -0.25) is 0 Å². The highest BCUT2D eigenvalue weighted by Crippen LogP contribution is 2.23. The maximum atomic E-state index is 11.7. The molecule has 3 aromatic rings. The summed E-state index contributed by atoms with van der Waals surface area (Å²) in [5.41, 5.74) is 3.67. The predicted molar refractivity (Wildman–Crippen MR) is 87.1 cm³/mol. The molecule has 0 aliphatic rings. The average Bonchev–Trinajstić information content (AvgIpc) is 2.87. The number of aryl methyl sites for hydroxylation is 1. The lowest BCUT2D eigenvalue weighted by Crippen LogP contribution is -2.29. The number of sulfonamides is 1. The summed E-state index contributed by atoms with van der Waals surface area (Å²) >= 11 is 0. The number of nitrogens with zero attached hydrogens (tertiary/aromatic N) is 1. The number of fused-ring (bicyclic) bond motifs is 1. The quantitative estimate of drug-likeness (QED) is 0.777. The van der Waals surface area contributed by atoms with Crippen molar-refractivity contribution in [3.63, 3.8) is 0 Å². The van der Waals surface area contributed by atoms with E-state index in [1.54, 1.807) is 0 Å². The molecule has 0 fully saturated rings. The third-order valence-corrected chi connectivity index (χ3v) is 4.06. The molecule has 6 heteroatoms. The zero-order chi connectivity index (χ0) is 15.7. The van der Waals surface area contributed by atoms with E-state index in [0.29, 0.717) is 5.82 Å². The molecule has 0 saturated carbocycles. The zero-order valence-electron chi connectivity index (χ0n) is 12.4. The molecule has 0 bridgehead atoms. The van der Waals surface area contributed by atoms with Crippen LogP contribution in [0.5, 0.6) is 0 Å². The van der Waals surface area contributed by atoms with Gasteiger partial charge >= 0.3 is 0 Å². The predicted octanol–water partition coefficient (Wildman–Crippen LogP) is 2.51. The maximum Gasteiger partial charge on any atom is 0.209 e. The number of H-pyrrole nitrogens is 1.